The normalized spacial score (nSPS) is 14.6. The van der Waals surface area contributed by atoms with Crippen LogP contribution in [-0.2, 0) is 37.3 Å². The van der Waals surface area contributed by atoms with Gasteiger partial charge in [0, 0.05) is 25.1 Å². The number of methoxy groups -OCH3 is 2. The molecule has 3 rings (SSSR count). The molecule has 31 heavy (non-hydrogen) atoms. The molecule has 0 saturated carbocycles. The van der Waals surface area contributed by atoms with E-state index in [-0.39, 0.29) is 28.8 Å². The maximum atomic E-state index is 13.1. The second kappa shape index (κ2) is 9.73. The largest absolute Gasteiger partial charge is 0.465 e. The topological polar surface area (TPSA) is 102 Å². The average molecular weight is 465 g/mol. The van der Waals surface area contributed by atoms with Crippen molar-refractivity contribution in [2.75, 3.05) is 27.3 Å². The number of benzene rings is 1. The van der Waals surface area contributed by atoms with Crippen LogP contribution in [0.25, 0.3) is 0 Å². The minimum atomic E-state index is -3.94. The van der Waals surface area contributed by atoms with Crippen LogP contribution in [0.15, 0.2) is 47.2 Å². The molecule has 1 aromatic carbocycles. The smallest absolute Gasteiger partial charge is 0.340 e. The van der Waals surface area contributed by atoms with Crippen molar-refractivity contribution < 1.29 is 27.5 Å². The molecule has 1 aromatic heterocycles. The van der Waals surface area contributed by atoms with E-state index in [9.17, 15) is 18.0 Å². The lowest BCUT2D eigenvalue weighted by molar-refractivity contribution is -0.143. The summed E-state index contributed by atoms with van der Waals surface area (Å²) in [6.07, 6.45) is 0.988. The molecule has 0 unspecified atom stereocenters. The maximum Gasteiger partial charge on any atom is 0.340 e. The molecule has 0 spiro atoms. The van der Waals surface area contributed by atoms with Gasteiger partial charge in [0.1, 0.15) is 4.21 Å². The molecule has 1 N–H and O–H groups in total. The van der Waals surface area contributed by atoms with Crippen molar-refractivity contribution in [3.63, 3.8) is 0 Å². The highest BCUT2D eigenvalue weighted by atomic mass is 32.2. The van der Waals surface area contributed by atoms with Crippen LogP contribution in [0.3, 0.4) is 0 Å². The summed E-state index contributed by atoms with van der Waals surface area (Å²) in [6, 6.07) is 9.16. The van der Waals surface area contributed by atoms with Crippen molar-refractivity contribution in [2.24, 2.45) is 0 Å². The van der Waals surface area contributed by atoms with Gasteiger partial charge >= 0.3 is 5.97 Å². The molecule has 0 aliphatic carbocycles. The number of amides is 1. The van der Waals surface area contributed by atoms with Crippen LogP contribution in [0.5, 0.6) is 0 Å². The highest BCUT2D eigenvalue weighted by Crippen LogP contribution is 2.37. The Balaban J connectivity index is 1.94. The Morgan fingerprint density at radius 2 is 2.00 bits per heavy atom. The number of carbonyl (C=O) groups is 2. The number of nitrogens with one attached hydrogen (secondary N) is 1. The van der Waals surface area contributed by atoms with Gasteiger partial charge in [-0.15, -0.1) is 17.9 Å². The van der Waals surface area contributed by atoms with Crippen molar-refractivity contribution in [1.29, 1.82) is 0 Å². The molecule has 8 nitrogen and oxygen atoms in total. The Labute approximate surface area is 185 Å². The van der Waals surface area contributed by atoms with Crippen molar-refractivity contribution >= 4 is 33.2 Å². The van der Waals surface area contributed by atoms with Crippen LogP contribution in [0, 0.1) is 0 Å². The number of sulfonamides is 1. The van der Waals surface area contributed by atoms with Crippen molar-refractivity contribution in [1.82, 2.24) is 9.62 Å². The summed E-state index contributed by atoms with van der Waals surface area (Å²) in [7, 11) is -1.25. The van der Waals surface area contributed by atoms with Gasteiger partial charge in [0.15, 0.2) is 6.10 Å². The number of fused-ring (bicyclic) bond motifs is 1. The predicted octanol–water partition coefficient (Wildman–Crippen LogP) is 2.27. The highest BCUT2D eigenvalue weighted by molar-refractivity contribution is 7.91. The van der Waals surface area contributed by atoms with Gasteiger partial charge in [-0.05, 0) is 17.5 Å². The molecular formula is C21H24N2O6S2. The first-order valence-electron chi connectivity index (χ1n) is 9.54. The van der Waals surface area contributed by atoms with Gasteiger partial charge in [0.2, 0.25) is 0 Å². The van der Waals surface area contributed by atoms with E-state index in [2.05, 4.69) is 11.3 Å². The van der Waals surface area contributed by atoms with E-state index >= 15 is 0 Å². The summed E-state index contributed by atoms with van der Waals surface area (Å²) in [5.74, 6) is -0.933. The van der Waals surface area contributed by atoms with E-state index in [4.69, 9.17) is 9.47 Å². The van der Waals surface area contributed by atoms with E-state index in [0.717, 1.165) is 16.9 Å². The van der Waals surface area contributed by atoms with Gasteiger partial charge in [-0.3, -0.25) is 4.79 Å². The lowest BCUT2D eigenvalue weighted by atomic mass is 10.0. The predicted molar refractivity (Wildman–Crippen MR) is 116 cm³/mol. The third kappa shape index (κ3) is 4.72. The van der Waals surface area contributed by atoms with E-state index in [1.807, 2.05) is 30.3 Å². The Kier molecular flexibility index (Phi) is 7.26. The zero-order valence-electron chi connectivity index (χ0n) is 17.3. The van der Waals surface area contributed by atoms with E-state index < -0.39 is 22.1 Å². The summed E-state index contributed by atoms with van der Waals surface area (Å²) < 4.78 is 38.1. The number of hydrogen-bond acceptors (Lipinski definition) is 7. The standard InChI is InChI=1S/C21H24N2O6S2/c1-4-11-22-31(26,27)21-17(20(25)29-3)15-10-12-23(13-16(15)30-21)19(24)18(28-2)14-8-6-5-7-9-14/h4-9,18,22H,1,10-13H2,2-3H3/t18-/m1/s1. The Morgan fingerprint density at radius 3 is 2.61 bits per heavy atom. The first-order chi connectivity index (χ1) is 14.8. The van der Waals surface area contributed by atoms with Crippen LogP contribution < -0.4 is 4.72 Å². The van der Waals surface area contributed by atoms with Gasteiger partial charge in [-0.2, -0.15) is 0 Å². The van der Waals surface area contributed by atoms with Crippen LogP contribution >= 0.6 is 11.3 Å². The lowest BCUT2D eigenvalue weighted by Gasteiger charge is -2.30. The maximum absolute atomic E-state index is 13.1. The minimum absolute atomic E-state index is 0.0305. The number of rotatable bonds is 8. The Hall–Kier alpha value is -2.53. The van der Waals surface area contributed by atoms with Crippen LogP contribution in [0.1, 0.15) is 32.5 Å². The lowest BCUT2D eigenvalue weighted by Crippen LogP contribution is -2.39. The first-order valence-corrected chi connectivity index (χ1v) is 11.8. The fourth-order valence-electron chi connectivity index (χ4n) is 3.47. The Morgan fingerprint density at radius 1 is 1.29 bits per heavy atom. The molecule has 166 valence electrons. The molecule has 1 atom stereocenters. The summed E-state index contributed by atoms with van der Waals surface area (Å²) in [5.41, 5.74) is 1.38. The number of ether oxygens (including phenoxy) is 2. The van der Waals surface area contributed by atoms with Gasteiger partial charge in [0.05, 0.1) is 19.2 Å². The van der Waals surface area contributed by atoms with Gasteiger partial charge in [0.25, 0.3) is 15.9 Å². The number of nitrogens with zero attached hydrogens (tertiary/aromatic N) is 1. The molecular weight excluding hydrogens is 440 g/mol. The number of carbonyl (C=O) groups excluding carboxylic acids is 2. The SMILES string of the molecule is C=CCNS(=O)(=O)c1sc2c(c1C(=O)OC)CCN(C(=O)[C@H](OC)c1ccccc1)C2. The third-order valence-electron chi connectivity index (χ3n) is 4.95. The second-order valence-corrected chi connectivity index (χ2v) is 9.90. The second-order valence-electron chi connectivity index (χ2n) is 6.83. The minimum Gasteiger partial charge on any atom is -0.465 e. The molecule has 0 saturated heterocycles. The molecule has 1 aliphatic heterocycles. The highest BCUT2D eigenvalue weighted by Gasteiger charge is 2.36. The van der Waals surface area contributed by atoms with E-state index in [0.29, 0.717) is 23.4 Å². The van der Waals surface area contributed by atoms with Crippen molar-refractivity contribution in [3.8, 4) is 0 Å². The molecule has 10 heteroatoms. The van der Waals surface area contributed by atoms with Gasteiger partial charge < -0.3 is 14.4 Å². The molecule has 0 radical (unpaired) electrons. The zero-order valence-corrected chi connectivity index (χ0v) is 18.9. The first kappa shape index (κ1) is 23.1. The molecule has 2 aromatic rings. The average Bonchev–Trinajstić information content (AvgIpc) is 3.18. The molecule has 0 bridgehead atoms. The van der Waals surface area contributed by atoms with Gasteiger partial charge in [-0.25, -0.2) is 17.9 Å². The van der Waals surface area contributed by atoms with Crippen LogP contribution in [-0.4, -0.2) is 52.5 Å². The fraction of sp³-hybridized carbons (Fsp3) is 0.333. The summed E-state index contributed by atoms with van der Waals surface area (Å²) in [6.45, 7) is 4.05. The van der Waals surface area contributed by atoms with Crippen LogP contribution in [0.2, 0.25) is 0 Å². The van der Waals surface area contributed by atoms with Crippen molar-refractivity contribution in [3.05, 3.63) is 64.6 Å². The van der Waals surface area contributed by atoms with Gasteiger partial charge in [-0.1, -0.05) is 36.4 Å². The number of hydrogen-bond donors (Lipinski definition) is 1. The van der Waals surface area contributed by atoms with Crippen molar-refractivity contribution in [2.45, 2.75) is 23.3 Å². The fourth-order valence-corrected chi connectivity index (χ4v) is 6.41. The quantitative estimate of drug-likeness (QED) is 0.475. The summed E-state index contributed by atoms with van der Waals surface area (Å²) >= 11 is 0.979. The van der Waals surface area contributed by atoms with E-state index in [1.54, 1.807) is 4.90 Å². The van der Waals surface area contributed by atoms with E-state index in [1.165, 1.54) is 20.3 Å². The number of thiophene rings is 1. The molecule has 1 aliphatic rings. The summed E-state index contributed by atoms with van der Waals surface area (Å²) in [4.78, 5) is 27.8. The zero-order chi connectivity index (χ0) is 22.6. The molecule has 0 fully saturated rings. The monoisotopic (exact) mass is 464 g/mol. The molecule has 1 amide bonds. The third-order valence-corrected chi connectivity index (χ3v) is 8.11. The van der Waals surface area contributed by atoms with Crippen LogP contribution in [0.4, 0.5) is 0 Å². The molecule has 2 heterocycles. The Bertz CT molecular complexity index is 1080. The number of esters is 1. The summed E-state index contributed by atoms with van der Waals surface area (Å²) in [5, 5.41) is 0.